The maximum absolute atomic E-state index is 12.3. The summed E-state index contributed by atoms with van der Waals surface area (Å²) in [4.78, 5) is 13.7. The summed E-state index contributed by atoms with van der Waals surface area (Å²) in [5, 5.41) is 0. The van der Waals surface area contributed by atoms with Gasteiger partial charge in [-0.15, -0.1) is 0 Å². The van der Waals surface area contributed by atoms with Gasteiger partial charge < -0.3 is 4.90 Å². The Hall–Kier alpha value is -2.34. The van der Waals surface area contributed by atoms with Crippen LogP contribution in [0.25, 0.3) is 0 Å². The molecule has 0 amide bonds. The number of piperidine rings is 1. The Kier molecular flexibility index (Phi) is 4.34. The number of carbonyl (C=O) groups is 1. The lowest BCUT2D eigenvalue weighted by molar-refractivity contribution is -0.119. The number of hydrogen-bond acceptors (Lipinski definition) is 4. The van der Waals surface area contributed by atoms with Crippen LogP contribution in [0.3, 0.4) is 0 Å². The van der Waals surface area contributed by atoms with E-state index in [0.29, 0.717) is 37.4 Å². The lowest BCUT2D eigenvalue weighted by Gasteiger charge is -2.28. The number of rotatable bonds is 4. The maximum atomic E-state index is 12.3. The molecule has 23 heavy (non-hydrogen) atoms. The molecule has 2 aromatic rings. The highest BCUT2D eigenvalue weighted by Crippen LogP contribution is 2.22. The van der Waals surface area contributed by atoms with Gasteiger partial charge in [0.2, 0.25) is 0 Å². The monoisotopic (exact) mass is 330 g/mol. The molecule has 1 N–H and O–H groups in total. The Morgan fingerprint density at radius 1 is 0.870 bits per heavy atom. The fourth-order valence-corrected chi connectivity index (χ4v) is 3.65. The number of ketones is 1. The molecule has 1 fully saturated rings. The molecule has 0 saturated carbocycles. The molecular weight excluding hydrogens is 312 g/mol. The van der Waals surface area contributed by atoms with Gasteiger partial charge >= 0.3 is 0 Å². The van der Waals surface area contributed by atoms with E-state index in [4.69, 9.17) is 0 Å². The molecule has 0 bridgehead atoms. The standard InChI is InChI=1S/C17H18N2O3S/c20-16-10-12-19(13-11-16)15-8-6-14(7-9-15)18-23(21,22)17-4-2-1-3-5-17/h1-9,18H,10-13H2. The summed E-state index contributed by atoms with van der Waals surface area (Å²) in [7, 11) is -3.57. The van der Waals surface area contributed by atoms with Crippen LogP contribution in [0.1, 0.15) is 12.8 Å². The quantitative estimate of drug-likeness (QED) is 0.936. The molecule has 0 radical (unpaired) electrons. The third kappa shape index (κ3) is 3.71. The lowest BCUT2D eigenvalue weighted by Crippen LogP contribution is -2.33. The first-order chi connectivity index (χ1) is 11.0. The van der Waals surface area contributed by atoms with Crippen LogP contribution in [0, 0.1) is 0 Å². The topological polar surface area (TPSA) is 66.5 Å². The second-order valence-electron chi connectivity index (χ2n) is 5.49. The molecule has 0 spiro atoms. The third-order valence-electron chi connectivity index (χ3n) is 3.86. The van der Waals surface area contributed by atoms with Crippen LogP contribution in [0.2, 0.25) is 0 Å². The van der Waals surface area contributed by atoms with Crippen molar-refractivity contribution in [3.8, 4) is 0 Å². The minimum Gasteiger partial charge on any atom is -0.371 e. The van der Waals surface area contributed by atoms with E-state index in [1.807, 2.05) is 12.1 Å². The number of nitrogens with one attached hydrogen (secondary N) is 1. The van der Waals surface area contributed by atoms with Gasteiger partial charge in [-0.25, -0.2) is 8.42 Å². The Labute approximate surface area is 136 Å². The highest BCUT2D eigenvalue weighted by molar-refractivity contribution is 7.92. The predicted molar refractivity (Wildman–Crippen MR) is 90.1 cm³/mol. The van der Waals surface area contributed by atoms with Crippen molar-refractivity contribution >= 4 is 27.2 Å². The second kappa shape index (κ2) is 6.42. The minimum absolute atomic E-state index is 0.235. The van der Waals surface area contributed by atoms with Gasteiger partial charge in [0.05, 0.1) is 4.90 Å². The zero-order valence-corrected chi connectivity index (χ0v) is 13.4. The first-order valence-corrected chi connectivity index (χ1v) is 8.97. The summed E-state index contributed by atoms with van der Waals surface area (Å²) in [6.07, 6.45) is 1.14. The van der Waals surface area contributed by atoms with Crippen molar-refractivity contribution in [2.45, 2.75) is 17.7 Å². The SMILES string of the molecule is O=C1CCN(c2ccc(NS(=O)(=O)c3ccccc3)cc2)CC1. The second-order valence-corrected chi connectivity index (χ2v) is 7.17. The van der Waals surface area contributed by atoms with Gasteiger partial charge in [0, 0.05) is 37.3 Å². The normalized spacial score (nSPS) is 15.5. The van der Waals surface area contributed by atoms with Gasteiger partial charge in [-0.05, 0) is 36.4 Å². The van der Waals surface area contributed by atoms with E-state index in [2.05, 4.69) is 9.62 Å². The summed E-state index contributed by atoms with van der Waals surface area (Å²) in [5.74, 6) is 0.300. The summed E-state index contributed by atoms with van der Waals surface area (Å²) in [6, 6.07) is 15.5. The van der Waals surface area contributed by atoms with Crippen molar-refractivity contribution in [3.63, 3.8) is 0 Å². The van der Waals surface area contributed by atoms with Gasteiger partial charge in [-0.1, -0.05) is 18.2 Å². The molecular formula is C17H18N2O3S. The van der Waals surface area contributed by atoms with Crippen LogP contribution in [0.4, 0.5) is 11.4 Å². The van der Waals surface area contributed by atoms with Crippen LogP contribution in [-0.4, -0.2) is 27.3 Å². The fourth-order valence-electron chi connectivity index (χ4n) is 2.57. The molecule has 0 aliphatic carbocycles. The summed E-state index contributed by atoms with van der Waals surface area (Å²) >= 11 is 0. The van der Waals surface area contributed by atoms with Crippen LogP contribution in [0.5, 0.6) is 0 Å². The van der Waals surface area contributed by atoms with E-state index in [1.165, 1.54) is 0 Å². The Balaban J connectivity index is 1.72. The third-order valence-corrected chi connectivity index (χ3v) is 5.26. The number of sulfonamides is 1. The van der Waals surface area contributed by atoms with Crippen LogP contribution in [-0.2, 0) is 14.8 Å². The van der Waals surface area contributed by atoms with Gasteiger partial charge in [-0.2, -0.15) is 0 Å². The summed E-state index contributed by atoms with van der Waals surface area (Å²) < 4.78 is 27.1. The molecule has 2 aromatic carbocycles. The largest absolute Gasteiger partial charge is 0.371 e. The van der Waals surface area contributed by atoms with Gasteiger partial charge in [-0.3, -0.25) is 9.52 Å². The Morgan fingerprint density at radius 2 is 1.48 bits per heavy atom. The Morgan fingerprint density at radius 3 is 2.09 bits per heavy atom. The fraction of sp³-hybridized carbons (Fsp3) is 0.235. The number of Topliss-reactive ketones (excluding diaryl/α,β-unsaturated/α-hetero) is 1. The summed E-state index contributed by atoms with van der Waals surface area (Å²) in [6.45, 7) is 1.43. The average Bonchev–Trinajstić information content (AvgIpc) is 2.57. The van der Waals surface area contributed by atoms with Gasteiger partial charge in [0.25, 0.3) is 10.0 Å². The minimum atomic E-state index is -3.57. The lowest BCUT2D eigenvalue weighted by atomic mass is 10.1. The highest BCUT2D eigenvalue weighted by atomic mass is 32.2. The van der Waals surface area contributed by atoms with Crippen LogP contribution < -0.4 is 9.62 Å². The molecule has 120 valence electrons. The number of hydrogen-bond donors (Lipinski definition) is 1. The molecule has 6 heteroatoms. The van der Waals surface area contributed by atoms with Crippen molar-refractivity contribution in [2.24, 2.45) is 0 Å². The molecule has 1 aliphatic rings. The zero-order chi connectivity index (χ0) is 16.3. The molecule has 0 unspecified atom stereocenters. The van der Waals surface area contributed by atoms with E-state index < -0.39 is 10.0 Å². The molecule has 0 aromatic heterocycles. The summed E-state index contributed by atoms with van der Waals surface area (Å²) in [5.41, 5.74) is 1.52. The number of anilines is 2. The van der Waals surface area contributed by atoms with E-state index in [9.17, 15) is 13.2 Å². The van der Waals surface area contributed by atoms with Crippen molar-refractivity contribution in [1.29, 1.82) is 0 Å². The number of carbonyl (C=O) groups excluding carboxylic acids is 1. The van der Waals surface area contributed by atoms with Gasteiger partial charge in [0.15, 0.2) is 0 Å². The molecule has 1 heterocycles. The maximum Gasteiger partial charge on any atom is 0.261 e. The van der Waals surface area contributed by atoms with Crippen molar-refractivity contribution in [1.82, 2.24) is 0 Å². The smallest absolute Gasteiger partial charge is 0.261 e. The molecule has 1 aliphatic heterocycles. The van der Waals surface area contributed by atoms with Crippen molar-refractivity contribution < 1.29 is 13.2 Å². The molecule has 5 nitrogen and oxygen atoms in total. The molecule has 3 rings (SSSR count). The first-order valence-electron chi connectivity index (χ1n) is 7.49. The van der Waals surface area contributed by atoms with E-state index >= 15 is 0 Å². The highest BCUT2D eigenvalue weighted by Gasteiger charge is 2.17. The zero-order valence-electron chi connectivity index (χ0n) is 12.6. The van der Waals surface area contributed by atoms with Crippen molar-refractivity contribution in [2.75, 3.05) is 22.7 Å². The van der Waals surface area contributed by atoms with Crippen LogP contribution >= 0.6 is 0 Å². The van der Waals surface area contributed by atoms with Gasteiger partial charge in [0.1, 0.15) is 5.78 Å². The van der Waals surface area contributed by atoms with Crippen LogP contribution in [0.15, 0.2) is 59.5 Å². The Bertz CT molecular complexity index is 776. The average molecular weight is 330 g/mol. The first kappa shape index (κ1) is 15.6. The predicted octanol–water partition coefficient (Wildman–Crippen LogP) is 2.66. The van der Waals surface area contributed by atoms with E-state index in [0.717, 1.165) is 5.69 Å². The number of benzene rings is 2. The van der Waals surface area contributed by atoms with Crippen molar-refractivity contribution in [3.05, 3.63) is 54.6 Å². The number of nitrogens with zero attached hydrogens (tertiary/aromatic N) is 1. The van der Waals surface area contributed by atoms with E-state index in [-0.39, 0.29) is 4.90 Å². The van der Waals surface area contributed by atoms with E-state index in [1.54, 1.807) is 42.5 Å². The molecule has 0 atom stereocenters. The molecule has 1 saturated heterocycles.